The Hall–Kier alpha value is -2.62. The maximum Gasteiger partial charge on any atom is 0.255 e. The molecule has 0 bridgehead atoms. The summed E-state index contributed by atoms with van der Waals surface area (Å²) in [4.78, 5) is 13.1. The van der Waals surface area contributed by atoms with Gasteiger partial charge in [-0.2, -0.15) is 4.31 Å². The molecule has 0 aliphatic carbocycles. The molecule has 0 spiro atoms. The lowest BCUT2D eigenvalue weighted by molar-refractivity contribution is 0.0730. The number of unbranched alkanes of at least 4 members (excludes halogenated alkanes) is 1. The number of hydrogen-bond donors (Lipinski definition) is 1. The van der Waals surface area contributed by atoms with Gasteiger partial charge in [-0.25, -0.2) is 8.42 Å². The zero-order valence-corrected chi connectivity index (χ0v) is 20.2. The minimum atomic E-state index is -3.68. The summed E-state index contributed by atoms with van der Waals surface area (Å²) in [6, 6.07) is 9.91. The third-order valence-corrected chi connectivity index (χ3v) is 7.34. The Morgan fingerprint density at radius 1 is 1.06 bits per heavy atom. The van der Waals surface area contributed by atoms with Crippen molar-refractivity contribution in [2.75, 3.05) is 44.8 Å². The molecule has 1 fully saturated rings. The topological polar surface area (TPSA) is 94.2 Å². The highest BCUT2D eigenvalue weighted by atomic mass is 32.2. The predicted molar refractivity (Wildman–Crippen MR) is 127 cm³/mol. The van der Waals surface area contributed by atoms with Gasteiger partial charge in [0.05, 0.1) is 31.3 Å². The van der Waals surface area contributed by atoms with Gasteiger partial charge in [-0.3, -0.25) is 4.79 Å². The fraction of sp³-hybridized carbons (Fsp3) is 0.458. The molecule has 0 radical (unpaired) electrons. The molecular formula is C24H32N2O6S. The number of carbonyl (C=O) groups is 1. The lowest BCUT2D eigenvalue weighted by atomic mass is 10.1. The molecule has 0 saturated carbocycles. The number of sulfonamides is 1. The van der Waals surface area contributed by atoms with Gasteiger partial charge in [0.15, 0.2) is 11.5 Å². The minimum absolute atomic E-state index is 0.178. The first kappa shape index (κ1) is 25.0. The minimum Gasteiger partial charge on any atom is -0.490 e. The van der Waals surface area contributed by atoms with E-state index in [-0.39, 0.29) is 10.8 Å². The van der Waals surface area contributed by atoms with Crippen LogP contribution in [0.4, 0.5) is 5.69 Å². The van der Waals surface area contributed by atoms with Crippen molar-refractivity contribution in [3.63, 3.8) is 0 Å². The standard InChI is InChI=1S/C24H32N2O6S/c1-4-6-13-32-21-10-8-19(16-22(21)31-5-2)24(27)25-20-9-7-18(3)23(17-20)33(28,29)26-11-14-30-15-12-26/h7-10,16-17H,4-6,11-15H2,1-3H3,(H,25,27). The Labute approximate surface area is 195 Å². The van der Waals surface area contributed by atoms with Crippen molar-refractivity contribution >= 4 is 21.6 Å². The normalized spacial score (nSPS) is 14.6. The smallest absolute Gasteiger partial charge is 0.255 e. The monoisotopic (exact) mass is 476 g/mol. The number of ether oxygens (including phenoxy) is 3. The predicted octanol–water partition coefficient (Wildman–Crippen LogP) is 3.85. The second kappa shape index (κ2) is 11.5. The molecule has 2 aromatic rings. The molecule has 0 atom stereocenters. The summed E-state index contributed by atoms with van der Waals surface area (Å²) >= 11 is 0. The van der Waals surface area contributed by atoms with Crippen molar-refractivity contribution in [2.45, 2.75) is 38.5 Å². The molecule has 1 aliphatic heterocycles. The number of rotatable bonds is 10. The quantitative estimate of drug-likeness (QED) is 0.524. The highest BCUT2D eigenvalue weighted by Gasteiger charge is 2.28. The van der Waals surface area contributed by atoms with E-state index in [1.165, 1.54) is 10.4 Å². The van der Waals surface area contributed by atoms with Gasteiger partial charge in [0.1, 0.15) is 0 Å². The molecule has 1 N–H and O–H groups in total. The van der Waals surface area contributed by atoms with E-state index < -0.39 is 10.0 Å². The van der Waals surface area contributed by atoms with Crippen LogP contribution in [0.2, 0.25) is 0 Å². The summed E-state index contributed by atoms with van der Waals surface area (Å²) in [5, 5.41) is 2.80. The zero-order chi connectivity index (χ0) is 23.8. The molecule has 33 heavy (non-hydrogen) atoms. The molecule has 1 amide bonds. The van der Waals surface area contributed by atoms with Gasteiger partial charge in [0, 0.05) is 24.3 Å². The number of morpholine rings is 1. The number of nitrogens with zero attached hydrogens (tertiary/aromatic N) is 1. The van der Waals surface area contributed by atoms with Crippen LogP contribution < -0.4 is 14.8 Å². The Morgan fingerprint density at radius 3 is 2.52 bits per heavy atom. The molecule has 9 heteroatoms. The number of hydrogen-bond acceptors (Lipinski definition) is 6. The summed E-state index contributed by atoms with van der Waals surface area (Å²) in [5.74, 6) is 0.728. The molecule has 1 saturated heterocycles. The van der Waals surface area contributed by atoms with E-state index in [1.54, 1.807) is 37.3 Å². The Morgan fingerprint density at radius 2 is 1.82 bits per heavy atom. The zero-order valence-electron chi connectivity index (χ0n) is 19.4. The number of nitrogens with one attached hydrogen (secondary N) is 1. The number of carbonyl (C=O) groups excluding carboxylic acids is 1. The Balaban J connectivity index is 1.80. The first-order valence-corrected chi connectivity index (χ1v) is 12.7. The molecule has 180 valence electrons. The van der Waals surface area contributed by atoms with Crippen molar-refractivity contribution in [1.82, 2.24) is 4.31 Å². The summed E-state index contributed by atoms with van der Waals surface area (Å²) in [6.45, 7) is 8.07. The molecule has 0 aromatic heterocycles. The first-order valence-electron chi connectivity index (χ1n) is 11.3. The van der Waals surface area contributed by atoms with Gasteiger partial charge in [-0.05, 0) is 56.2 Å². The van der Waals surface area contributed by atoms with Crippen molar-refractivity contribution < 1.29 is 27.4 Å². The lowest BCUT2D eigenvalue weighted by Gasteiger charge is -2.26. The number of anilines is 1. The van der Waals surface area contributed by atoms with Crippen LogP contribution in [0, 0.1) is 6.92 Å². The van der Waals surface area contributed by atoms with Gasteiger partial charge in [0.25, 0.3) is 5.91 Å². The van der Waals surface area contributed by atoms with E-state index in [0.717, 1.165) is 12.8 Å². The van der Waals surface area contributed by atoms with Crippen molar-refractivity contribution in [3.8, 4) is 11.5 Å². The van der Waals surface area contributed by atoms with E-state index in [1.807, 2.05) is 6.92 Å². The number of aryl methyl sites for hydroxylation is 1. The van der Waals surface area contributed by atoms with Crippen LogP contribution >= 0.6 is 0 Å². The van der Waals surface area contributed by atoms with Crippen LogP contribution in [0.5, 0.6) is 11.5 Å². The lowest BCUT2D eigenvalue weighted by Crippen LogP contribution is -2.40. The number of amides is 1. The third kappa shape index (κ3) is 6.25. The molecule has 3 rings (SSSR count). The van der Waals surface area contributed by atoms with Gasteiger partial charge in [0.2, 0.25) is 10.0 Å². The molecule has 1 heterocycles. The van der Waals surface area contributed by atoms with Gasteiger partial charge in [-0.1, -0.05) is 19.4 Å². The largest absolute Gasteiger partial charge is 0.490 e. The molecular weight excluding hydrogens is 444 g/mol. The van der Waals surface area contributed by atoms with Crippen LogP contribution in [-0.2, 0) is 14.8 Å². The fourth-order valence-corrected chi connectivity index (χ4v) is 5.11. The maximum absolute atomic E-state index is 13.1. The average Bonchev–Trinajstić information content (AvgIpc) is 2.82. The van der Waals surface area contributed by atoms with E-state index in [9.17, 15) is 13.2 Å². The second-order valence-electron chi connectivity index (χ2n) is 7.75. The highest BCUT2D eigenvalue weighted by molar-refractivity contribution is 7.89. The van der Waals surface area contributed by atoms with Crippen LogP contribution in [0.1, 0.15) is 42.6 Å². The van der Waals surface area contributed by atoms with Crippen LogP contribution in [0.3, 0.4) is 0 Å². The first-order chi connectivity index (χ1) is 15.9. The highest BCUT2D eigenvalue weighted by Crippen LogP contribution is 2.30. The SMILES string of the molecule is CCCCOc1ccc(C(=O)Nc2ccc(C)c(S(=O)(=O)N3CCOCC3)c2)cc1OCC. The van der Waals surface area contributed by atoms with Crippen molar-refractivity contribution in [1.29, 1.82) is 0 Å². The van der Waals surface area contributed by atoms with E-state index in [2.05, 4.69) is 12.2 Å². The molecule has 0 unspecified atom stereocenters. The molecule has 2 aromatic carbocycles. The maximum atomic E-state index is 13.1. The van der Waals surface area contributed by atoms with E-state index in [4.69, 9.17) is 14.2 Å². The Bertz CT molecular complexity index is 1060. The summed E-state index contributed by atoms with van der Waals surface area (Å²) < 4.78 is 44.3. The van der Waals surface area contributed by atoms with Crippen molar-refractivity contribution in [3.05, 3.63) is 47.5 Å². The van der Waals surface area contributed by atoms with Gasteiger partial charge >= 0.3 is 0 Å². The molecule has 8 nitrogen and oxygen atoms in total. The Kier molecular flexibility index (Phi) is 8.71. The fourth-order valence-electron chi connectivity index (χ4n) is 3.45. The summed E-state index contributed by atoms with van der Waals surface area (Å²) in [7, 11) is -3.68. The van der Waals surface area contributed by atoms with Crippen LogP contribution in [-0.4, -0.2) is 58.1 Å². The second-order valence-corrected chi connectivity index (χ2v) is 9.65. The van der Waals surface area contributed by atoms with E-state index >= 15 is 0 Å². The van der Waals surface area contributed by atoms with Crippen molar-refractivity contribution in [2.24, 2.45) is 0 Å². The van der Waals surface area contributed by atoms with E-state index in [0.29, 0.717) is 67.8 Å². The summed E-state index contributed by atoms with van der Waals surface area (Å²) in [5.41, 5.74) is 1.41. The summed E-state index contributed by atoms with van der Waals surface area (Å²) in [6.07, 6.45) is 1.95. The van der Waals surface area contributed by atoms with Crippen LogP contribution in [0.25, 0.3) is 0 Å². The third-order valence-electron chi connectivity index (χ3n) is 5.30. The van der Waals surface area contributed by atoms with Crippen LogP contribution in [0.15, 0.2) is 41.3 Å². The average molecular weight is 477 g/mol. The van der Waals surface area contributed by atoms with Gasteiger partial charge in [-0.15, -0.1) is 0 Å². The number of benzene rings is 2. The van der Waals surface area contributed by atoms with Gasteiger partial charge < -0.3 is 19.5 Å². The molecule has 1 aliphatic rings.